The second kappa shape index (κ2) is 7.25. The van der Waals surface area contributed by atoms with Crippen LogP contribution in [0.4, 0.5) is 15.6 Å². The first-order chi connectivity index (χ1) is 13.3. The van der Waals surface area contributed by atoms with Crippen LogP contribution in [0.1, 0.15) is 0 Å². The van der Waals surface area contributed by atoms with Crippen molar-refractivity contribution >= 4 is 79.1 Å². The van der Waals surface area contributed by atoms with Gasteiger partial charge in [-0.05, 0) is 36.4 Å². The molecule has 2 aromatic heterocycles. The van der Waals surface area contributed by atoms with Crippen LogP contribution in [0.15, 0.2) is 41.8 Å². The molecule has 28 heavy (non-hydrogen) atoms. The lowest BCUT2D eigenvalue weighted by molar-refractivity contribution is 0.209. The third-order valence-electron chi connectivity index (χ3n) is 3.66. The van der Waals surface area contributed by atoms with Gasteiger partial charge in [-0.15, -0.1) is 11.3 Å². The quantitative estimate of drug-likeness (QED) is 0.357. The number of thiazole rings is 1. The summed E-state index contributed by atoms with van der Waals surface area (Å²) >= 11 is 8.72. The lowest BCUT2D eigenvalue weighted by Gasteiger charge is -2.15. The number of thiophene rings is 1. The van der Waals surface area contributed by atoms with Gasteiger partial charge in [0.25, 0.3) is 0 Å². The summed E-state index contributed by atoms with van der Waals surface area (Å²) in [5, 5.41) is 5.89. The van der Waals surface area contributed by atoms with E-state index in [-0.39, 0.29) is 0 Å². The van der Waals surface area contributed by atoms with E-state index in [0.717, 1.165) is 14.9 Å². The Hall–Kier alpha value is -2.32. The molecular formula is C17H13ClN3O4PS2. The second-order valence-electron chi connectivity index (χ2n) is 5.84. The molecule has 0 radical (unpaired) electrons. The van der Waals surface area contributed by atoms with Crippen molar-refractivity contribution in [2.75, 3.05) is 17.7 Å². The fourth-order valence-electron chi connectivity index (χ4n) is 2.56. The minimum Gasteiger partial charge on any atom is -0.415 e. The first kappa shape index (κ1) is 19.0. The normalized spacial score (nSPS) is 13.4. The number of hydrogen-bond donors (Lipinski definition) is 2. The Morgan fingerprint density at radius 3 is 2.89 bits per heavy atom. The van der Waals surface area contributed by atoms with Crippen LogP contribution in [0.25, 0.3) is 20.3 Å². The van der Waals surface area contributed by atoms with Crippen LogP contribution in [0, 0.1) is 0 Å². The van der Waals surface area contributed by atoms with E-state index >= 15 is 0 Å². The van der Waals surface area contributed by atoms with Gasteiger partial charge in [0.15, 0.2) is 5.13 Å². The van der Waals surface area contributed by atoms with Gasteiger partial charge in [0.1, 0.15) is 5.75 Å². The third kappa shape index (κ3) is 4.07. The predicted octanol–water partition coefficient (Wildman–Crippen LogP) is 6.20. The maximum absolute atomic E-state index is 12.7. The Bertz CT molecular complexity index is 1260. The summed E-state index contributed by atoms with van der Waals surface area (Å²) in [6.45, 7) is 1.23. The number of nitrogens with two attached hydrogens (primary N) is 1. The summed E-state index contributed by atoms with van der Waals surface area (Å²) in [5.74, 6) is 0.350. The highest BCUT2D eigenvalue weighted by Crippen LogP contribution is 2.48. The molecule has 0 saturated heterocycles. The smallest absolute Gasteiger partial charge is 0.415 e. The number of nitrogens with one attached hydrogen (secondary N) is 1. The topological polar surface area (TPSA) is 104 Å². The van der Waals surface area contributed by atoms with Gasteiger partial charge in [-0.25, -0.2) is 14.3 Å². The summed E-state index contributed by atoms with van der Waals surface area (Å²) in [6.07, 6.45) is -0.889. The van der Waals surface area contributed by atoms with E-state index in [4.69, 9.17) is 26.4 Å². The highest BCUT2D eigenvalue weighted by molar-refractivity contribution is 7.54. The number of amides is 1. The van der Waals surface area contributed by atoms with Gasteiger partial charge in [-0.2, -0.15) is 0 Å². The molecule has 0 spiro atoms. The molecule has 2 heterocycles. The first-order valence-electron chi connectivity index (χ1n) is 7.89. The van der Waals surface area contributed by atoms with E-state index in [1.165, 1.54) is 29.3 Å². The summed E-state index contributed by atoms with van der Waals surface area (Å²) in [7, 11) is -3.72. The molecule has 3 N–H and O–H groups in total. The number of rotatable bonds is 4. The van der Waals surface area contributed by atoms with Gasteiger partial charge < -0.3 is 14.8 Å². The van der Waals surface area contributed by atoms with Crippen molar-refractivity contribution in [1.29, 1.82) is 0 Å². The zero-order valence-electron chi connectivity index (χ0n) is 14.3. The van der Waals surface area contributed by atoms with E-state index in [1.54, 1.807) is 35.7 Å². The number of halogens is 1. The predicted molar refractivity (Wildman–Crippen MR) is 115 cm³/mol. The van der Waals surface area contributed by atoms with E-state index in [1.807, 2.05) is 6.07 Å². The van der Waals surface area contributed by atoms with Crippen LogP contribution in [0.5, 0.6) is 5.75 Å². The van der Waals surface area contributed by atoms with E-state index in [0.29, 0.717) is 27.0 Å². The summed E-state index contributed by atoms with van der Waals surface area (Å²) in [6, 6.07) is 10.4. The van der Waals surface area contributed by atoms with E-state index < -0.39 is 13.7 Å². The summed E-state index contributed by atoms with van der Waals surface area (Å²) < 4.78 is 24.9. The molecule has 144 valence electrons. The molecule has 0 fully saturated rings. The van der Waals surface area contributed by atoms with Crippen LogP contribution in [-0.4, -0.2) is 17.7 Å². The molecule has 1 unspecified atom stereocenters. The molecule has 11 heteroatoms. The van der Waals surface area contributed by atoms with Gasteiger partial charge in [0, 0.05) is 26.2 Å². The molecule has 7 nitrogen and oxygen atoms in total. The standard InChI is InChI=1S/C17H13ClN3O4PS2/c1-26(23,24-13-8-27-14-5-2-9(18)6-11(13)14)25-17(22)20-10-3-4-12-15(7-10)28-16(19)21-12/h2-8H,1H3,(H2,19,21)(H,20,22). The van der Waals surface area contributed by atoms with Crippen LogP contribution < -0.4 is 15.6 Å². The number of benzene rings is 2. The zero-order valence-corrected chi connectivity index (χ0v) is 17.6. The van der Waals surface area contributed by atoms with Crippen molar-refractivity contribution in [3.05, 3.63) is 46.8 Å². The van der Waals surface area contributed by atoms with Gasteiger partial charge >= 0.3 is 13.7 Å². The minimum absolute atomic E-state index is 0.350. The third-order valence-corrected chi connectivity index (χ3v) is 6.71. The van der Waals surface area contributed by atoms with Crippen molar-refractivity contribution in [3.63, 3.8) is 0 Å². The average molecular weight is 454 g/mol. The van der Waals surface area contributed by atoms with Crippen molar-refractivity contribution in [3.8, 4) is 5.75 Å². The van der Waals surface area contributed by atoms with Gasteiger partial charge in [-0.3, -0.25) is 5.32 Å². The van der Waals surface area contributed by atoms with Crippen molar-refractivity contribution in [2.24, 2.45) is 0 Å². The average Bonchev–Trinajstić information content (AvgIpc) is 3.16. The highest BCUT2D eigenvalue weighted by atomic mass is 35.5. The van der Waals surface area contributed by atoms with E-state index in [9.17, 15) is 9.36 Å². The van der Waals surface area contributed by atoms with Crippen LogP contribution >= 0.6 is 41.9 Å². The SMILES string of the molecule is CP(=O)(OC(=O)Nc1ccc2nc(N)sc2c1)Oc1csc2ccc(Cl)cc12. The molecule has 0 bridgehead atoms. The van der Waals surface area contributed by atoms with Gasteiger partial charge in [0.05, 0.1) is 16.9 Å². The fraction of sp³-hybridized carbons (Fsp3) is 0.0588. The van der Waals surface area contributed by atoms with Crippen molar-refractivity contribution in [1.82, 2.24) is 4.98 Å². The molecule has 0 aliphatic rings. The molecule has 4 rings (SSSR count). The lowest BCUT2D eigenvalue weighted by atomic mass is 10.2. The molecule has 0 aliphatic carbocycles. The molecule has 1 amide bonds. The maximum atomic E-state index is 12.7. The monoisotopic (exact) mass is 453 g/mol. The number of nitrogen functional groups attached to an aromatic ring is 1. The van der Waals surface area contributed by atoms with Crippen LogP contribution in [-0.2, 0) is 9.09 Å². The number of hydrogen-bond acceptors (Lipinski definition) is 8. The highest BCUT2D eigenvalue weighted by Gasteiger charge is 2.25. The van der Waals surface area contributed by atoms with Gasteiger partial charge in [-0.1, -0.05) is 22.9 Å². The Labute approximate surface area is 172 Å². The molecule has 1 atom stereocenters. The maximum Gasteiger partial charge on any atom is 0.431 e. The molecular weight excluding hydrogens is 441 g/mol. The van der Waals surface area contributed by atoms with Crippen LogP contribution in [0.3, 0.4) is 0 Å². The number of carbonyl (C=O) groups excluding carboxylic acids is 1. The Morgan fingerprint density at radius 2 is 2.07 bits per heavy atom. The Kier molecular flexibility index (Phi) is 4.93. The zero-order chi connectivity index (χ0) is 19.9. The summed E-state index contributed by atoms with van der Waals surface area (Å²) in [4.78, 5) is 16.3. The number of nitrogens with zero attached hydrogens (tertiary/aromatic N) is 1. The van der Waals surface area contributed by atoms with E-state index in [2.05, 4.69) is 10.3 Å². The van der Waals surface area contributed by atoms with Crippen molar-refractivity contribution in [2.45, 2.75) is 0 Å². The Morgan fingerprint density at radius 1 is 1.25 bits per heavy atom. The van der Waals surface area contributed by atoms with Crippen molar-refractivity contribution < 1.29 is 18.4 Å². The Balaban J connectivity index is 1.47. The first-order valence-corrected chi connectivity index (χ1v) is 12.0. The lowest BCUT2D eigenvalue weighted by Crippen LogP contribution is -2.13. The summed E-state index contributed by atoms with van der Waals surface area (Å²) in [5.41, 5.74) is 6.87. The number of anilines is 2. The number of aromatic nitrogens is 1. The second-order valence-corrected chi connectivity index (χ2v) is 10.2. The van der Waals surface area contributed by atoms with Crippen LogP contribution in [0.2, 0.25) is 5.02 Å². The molecule has 0 saturated carbocycles. The molecule has 4 aromatic rings. The number of fused-ring (bicyclic) bond motifs is 2. The molecule has 2 aromatic carbocycles. The fourth-order valence-corrected chi connectivity index (χ4v) is 5.31. The largest absolute Gasteiger partial charge is 0.431 e. The number of carbonyl (C=O) groups is 1. The van der Waals surface area contributed by atoms with Gasteiger partial charge in [0.2, 0.25) is 0 Å². The minimum atomic E-state index is -3.72. The molecule has 0 aliphatic heterocycles.